The van der Waals surface area contributed by atoms with Gasteiger partial charge in [-0.15, -0.1) is 0 Å². The van der Waals surface area contributed by atoms with Crippen molar-refractivity contribution in [3.05, 3.63) is 119 Å². The number of fused-ring (bicyclic) bond motifs is 2. The van der Waals surface area contributed by atoms with Gasteiger partial charge in [-0.2, -0.15) is 0 Å². The second-order valence-electron chi connectivity index (χ2n) is 9.89. The topological polar surface area (TPSA) is 26.3 Å². The van der Waals surface area contributed by atoms with Crippen molar-refractivity contribution in [1.82, 2.24) is 0 Å². The third-order valence-electron chi connectivity index (χ3n) is 7.80. The van der Waals surface area contributed by atoms with Crippen LogP contribution in [0.5, 0.6) is 0 Å². The summed E-state index contributed by atoms with van der Waals surface area (Å²) in [5.41, 5.74) is 10.5. The molecule has 2 unspecified atom stereocenters. The predicted molar refractivity (Wildman–Crippen MR) is 135 cm³/mol. The van der Waals surface area contributed by atoms with Crippen LogP contribution in [-0.2, 0) is 0 Å². The van der Waals surface area contributed by atoms with E-state index in [-0.39, 0.29) is 17.3 Å². The minimum absolute atomic E-state index is 0.147. The average Bonchev–Trinajstić information content (AvgIpc) is 3.60. The third-order valence-corrected chi connectivity index (χ3v) is 7.80. The number of hydrogen-bond acceptors (Lipinski definition) is 2. The second-order valence-corrected chi connectivity index (χ2v) is 9.89. The molecule has 2 heterocycles. The summed E-state index contributed by atoms with van der Waals surface area (Å²) >= 11 is 0. The Bertz CT molecular complexity index is 1290. The molecule has 0 saturated carbocycles. The van der Waals surface area contributed by atoms with Crippen LogP contribution < -0.4 is 0 Å². The molecule has 0 radical (unpaired) electrons. The van der Waals surface area contributed by atoms with Gasteiger partial charge in [-0.1, -0.05) is 62.4 Å². The van der Waals surface area contributed by atoms with Crippen LogP contribution in [0.1, 0.15) is 73.3 Å². The average molecular weight is 433 g/mol. The van der Waals surface area contributed by atoms with Crippen LogP contribution in [0.15, 0.2) is 94.2 Å². The Morgan fingerprint density at radius 1 is 0.576 bits per heavy atom. The fourth-order valence-corrected chi connectivity index (χ4v) is 6.44. The van der Waals surface area contributed by atoms with E-state index in [1.807, 2.05) is 12.1 Å². The van der Waals surface area contributed by atoms with Gasteiger partial charge in [0.1, 0.15) is 11.5 Å². The van der Waals surface area contributed by atoms with E-state index in [0.29, 0.717) is 0 Å². The third kappa shape index (κ3) is 2.80. The van der Waals surface area contributed by atoms with Crippen molar-refractivity contribution >= 4 is 22.3 Å². The molecular formula is C31H28O2. The maximum atomic E-state index is 6.01. The van der Waals surface area contributed by atoms with Crippen LogP contribution in [0.4, 0.5) is 0 Å². The normalized spacial score (nSPS) is 19.9. The first-order valence-electron chi connectivity index (χ1n) is 11.7. The van der Waals surface area contributed by atoms with Gasteiger partial charge in [0.2, 0.25) is 0 Å². The summed E-state index contributed by atoms with van der Waals surface area (Å²) in [5, 5.41) is 0. The number of allylic oxidation sites excluding steroid dienone is 4. The summed E-state index contributed by atoms with van der Waals surface area (Å²) < 4.78 is 12.0. The number of furan rings is 2. The lowest BCUT2D eigenvalue weighted by atomic mass is 9.61. The molecule has 33 heavy (non-hydrogen) atoms. The maximum absolute atomic E-state index is 6.01. The Morgan fingerprint density at radius 2 is 1.00 bits per heavy atom. The fraction of sp³-hybridized carbons (Fsp3) is 0.226. The Labute approximate surface area is 195 Å². The van der Waals surface area contributed by atoms with E-state index in [4.69, 9.17) is 8.83 Å². The SMILES string of the molecule is CC1=C(c2ccco2)C(C(C)(C)C2C(c3ccco3)=C(C)c3ccccc32)c2ccccc21. The van der Waals surface area contributed by atoms with E-state index in [0.717, 1.165) is 11.5 Å². The van der Waals surface area contributed by atoms with Gasteiger partial charge in [0.05, 0.1) is 12.5 Å². The van der Waals surface area contributed by atoms with Gasteiger partial charge in [-0.25, -0.2) is 0 Å². The monoisotopic (exact) mass is 432 g/mol. The van der Waals surface area contributed by atoms with Crippen molar-refractivity contribution < 1.29 is 8.83 Å². The van der Waals surface area contributed by atoms with Crippen molar-refractivity contribution in [3.63, 3.8) is 0 Å². The first-order valence-corrected chi connectivity index (χ1v) is 11.7. The highest BCUT2D eigenvalue weighted by atomic mass is 16.3. The quantitative estimate of drug-likeness (QED) is 0.322. The number of hydrogen-bond donors (Lipinski definition) is 0. The molecular weight excluding hydrogens is 404 g/mol. The lowest BCUT2D eigenvalue weighted by Gasteiger charge is -2.41. The summed E-state index contributed by atoms with van der Waals surface area (Å²) in [4.78, 5) is 0. The van der Waals surface area contributed by atoms with E-state index in [9.17, 15) is 0 Å². The van der Waals surface area contributed by atoms with Gasteiger partial charge in [-0.3, -0.25) is 0 Å². The van der Waals surface area contributed by atoms with Crippen molar-refractivity contribution in [1.29, 1.82) is 0 Å². The molecule has 0 fully saturated rings. The van der Waals surface area contributed by atoms with Gasteiger partial charge in [0.15, 0.2) is 0 Å². The van der Waals surface area contributed by atoms with E-state index >= 15 is 0 Å². The van der Waals surface area contributed by atoms with E-state index in [2.05, 4.69) is 88.4 Å². The van der Waals surface area contributed by atoms with Gasteiger partial charge < -0.3 is 8.83 Å². The first-order chi connectivity index (χ1) is 16.0. The lowest BCUT2D eigenvalue weighted by Crippen LogP contribution is -2.30. The standard InChI is InChI=1S/C31H28O2/c1-19-21-11-5-7-13-23(21)29(27(19)25-15-9-17-32-25)31(3,4)30-24-14-8-6-12-22(24)20(2)28(30)26-16-10-18-33-26/h5-18,29-30H,1-4H3. The summed E-state index contributed by atoms with van der Waals surface area (Å²) in [6, 6.07) is 25.9. The molecule has 0 saturated heterocycles. The highest BCUT2D eigenvalue weighted by molar-refractivity contribution is 6.01. The molecule has 0 amide bonds. The molecule has 0 spiro atoms. The lowest BCUT2D eigenvalue weighted by molar-refractivity contribution is 0.299. The summed E-state index contributed by atoms with van der Waals surface area (Å²) in [6.45, 7) is 9.31. The van der Waals surface area contributed by atoms with Gasteiger partial charge in [-0.05, 0) is 76.9 Å². The summed E-state index contributed by atoms with van der Waals surface area (Å²) in [5.74, 6) is 2.31. The van der Waals surface area contributed by atoms with Crippen LogP contribution in [0.2, 0.25) is 0 Å². The molecule has 0 N–H and O–H groups in total. The Balaban J connectivity index is 1.60. The molecule has 2 aliphatic rings. The van der Waals surface area contributed by atoms with Gasteiger partial charge in [0, 0.05) is 23.0 Å². The molecule has 4 aromatic rings. The minimum atomic E-state index is -0.147. The Hall–Kier alpha value is -3.52. The number of rotatable bonds is 4. The molecule has 2 aromatic heterocycles. The van der Waals surface area contributed by atoms with Crippen LogP contribution in [-0.4, -0.2) is 0 Å². The first kappa shape index (κ1) is 20.1. The molecule has 2 heteroatoms. The zero-order chi connectivity index (χ0) is 22.7. The number of benzene rings is 2. The van der Waals surface area contributed by atoms with E-state index in [1.54, 1.807) is 12.5 Å². The van der Waals surface area contributed by atoms with Crippen molar-refractivity contribution in [2.45, 2.75) is 39.5 Å². The van der Waals surface area contributed by atoms with E-state index < -0.39 is 0 Å². The van der Waals surface area contributed by atoms with Crippen molar-refractivity contribution in [3.8, 4) is 0 Å². The minimum Gasteiger partial charge on any atom is -0.465 e. The van der Waals surface area contributed by atoms with E-state index in [1.165, 1.54) is 44.5 Å². The maximum Gasteiger partial charge on any atom is 0.130 e. The molecule has 2 aliphatic carbocycles. The predicted octanol–water partition coefficient (Wildman–Crippen LogP) is 8.65. The Kier molecular flexibility index (Phi) is 4.42. The largest absolute Gasteiger partial charge is 0.465 e. The molecule has 2 nitrogen and oxygen atoms in total. The smallest absolute Gasteiger partial charge is 0.130 e. The highest BCUT2D eigenvalue weighted by Gasteiger charge is 2.50. The molecule has 0 bridgehead atoms. The Morgan fingerprint density at radius 3 is 1.39 bits per heavy atom. The molecule has 2 aromatic carbocycles. The highest BCUT2D eigenvalue weighted by Crippen LogP contribution is 2.64. The fourth-order valence-electron chi connectivity index (χ4n) is 6.44. The van der Waals surface area contributed by atoms with Gasteiger partial charge >= 0.3 is 0 Å². The molecule has 164 valence electrons. The van der Waals surface area contributed by atoms with Crippen molar-refractivity contribution in [2.75, 3.05) is 0 Å². The molecule has 2 atom stereocenters. The summed E-state index contributed by atoms with van der Waals surface area (Å²) in [7, 11) is 0. The van der Waals surface area contributed by atoms with Crippen LogP contribution in [0.3, 0.4) is 0 Å². The van der Waals surface area contributed by atoms with Crippen molar-refractivity contribution in [2.24, 2.45) is 5.41 Å². The zero-order valence-corrected chi connectivity index (χ0v) is 19.6. The second kappa shape index (κ2) is 7.25. The van der Waals surface area contributed by atoms with Crippen LogP contribution >= 0.6 is 0 Å². The van der Waals surface area contributed by atoms with Crippen LogP contribution in [0.25, 0.3) is 22.3 Å². The molecule has 0 aliphatic heterocycles. The van der Waals surface area contributed by atoms with Gasteiger partial charge in [0.25, 0.3) is 0 Å². The zero-order valence-electron chi connectivity index (χ0n) is 19.6. The van der Waals surface area contributed by atoms with Crippen LogP contribution in [0, 0.1) is 5.41 Å². The molecule has 6 rings (SSSR count). The summed E-state index contributed by atoms with van der Waals surface area (Å²) in [6.07, 6.45) is 3.57.